The molecule has 0 aromatic heterocycles. The van der Waals surface area contributed by atoms with Crippen LogP contribution in [-0.2, 0) is 0 Å². The van der Waals surface area contributed by atoms with E-state index in [0.717, 1.165) is 19.5 Å². The number of rotatable bonds is 6. The summed E-state index contributed by atoms with van der Waals surface area (Å²) >= 11 is 0. The van der Waals surface area contributed by atoms with Crippen LogP contribution in [0.4, 0.5) is 10.1 Å². The quantitative estimate of drug-likeness (QED) is 0.842. The van der Waals surface area contributed by atoms with Crippen LogP contribution in [0, 0.1) is 5.82 Å². The molecule has 1 N–H and O–H groups in total. The molecule has 1 unspecified atom stereocenters. The van der Waals surface area contributed by atoms with Gasteiger partial charge in [0, 0.05) is 24.7 Å². The van der Waals surface area contributed by atoms with Crippen LogP contribution >= 0.6 is 0 Å². The van der Waals surface area contributed by atoms with Gasteiger partial charge in [-0.2, -0.15) is 0 Å². The third-order valence-corrected chi connectivity index (χ3v) is 3.28. The molecule has 0 bridgehead atoms. The van der Waals surface area contributed by atoms with Gasteiger partial charge in [0.25, 0.3) is 0 Å². The molecule has 0 fully saturated rings. The van der Waals surface area contributed by atoms with Gasteiger partial charge in [0.15, 0.2) is 0 Å². The van der Waals surface area contributed by atoms with E-state index in [0.29, 0.717) is 11.7 Å². The second kappa shape index (κ2) is 6.90. The fraction of sp³-hybridized carbons (Fsp3) is 0.625. The Bertz CT molecular complexity index is 385. The molecule has 3 heteroatoms. The number of halogens is 1. The van der Waals surface area contributed by atoms with Crippen LogP contribution in [0.25, 0.3) is 0 Å². The highest BCUT2D eigenvalue weighted by Crippen LogP contribution is 2.22. The van der Waals surface area contributed by atoms with Crippen molar-refractivity contribution in [2.75, 3.05) is 18.0 Å². The second-order valence-electron chi connectivity index (χ2n) is 5.93. The van der Waals surface area contributed by atoms with E-state index in [1.807, 2.05) is 12.1 Å². The molecule has 0 aliphatic heterocycles. The fourth-order valence-electron chi connectivity index (χ4n) is 2.21. The summed E-state index contributed by atoms with van der Waals surface area (Å²) < 4.78 is 13.9. The van der Waals surface area contributed by atoms with E-state index in [1.165, 1.54) is 6.07 Å². The minimum atomic E-state index is -0.140. The number of hydrogen-bond donors (Lipinski definition) is 1. The van der Waals surface area contributed by atoms with E-state index < -0.39 is 0 Å². The molecular formula is C16H27FN2. The Morgan fingerprint density at radius 1 is 1.21 bits per heavy atom. The maximum Gasteiger partial charge on any atom is 0.146 e. The van der Waals surface area contributed by atoms with Crippen molar-refractivity contribution in [3.8, 4) is 0 Å². The van der Waals surface area contributed by atoms with Gasteiger partial charge in [-0.1, -0.05) is 19.1 Å². The Kier molecular flexibility index (Phi) is 5.80. The zero-order chi connectivity index (χ0) is 14.5. The first kappa shape index (κ1) is 16.0. The summed E-state index contributed by atoms with van der Waals surface area (Å²) in [5, 5.41) is 3.51. The van der Waals surface area contributed by atoms with Crippen molar-refractivity contribution in [1.29, 1.82) is 0 Å². The first-order valence-corrected chi connectivity index (χ1v) is 7.15. The van der Waals surface area contributed by atoms with E-state index in [4.69, 9.17) is 0 Å². The van der Waals surface area contributed by atoms with Crippen LogP contribution in [-0.4, -0.2) is 24.7 Å². The predicted molar refractivity (Wildman–Crippen MR) is 81.3 cm³/mol. The molecule has 1 atom stereocenters. The number of para-hydroxylation sites is 1. The number of nitrogens with zero attached hydrogens (tertiary/aromatic N) is 1. The lowest BCUT2D eigenvalue weighted by Gasteiger charge is -2.35. The molecule has 1 aromatic rings. The van der Waals surface area contributed by atoms with Crippen molar-refractivity contribution in [2.24, 2.45) is 0 Å². The zero-order valence-electron chi connectivity index (χ0n) is 12.8. The molecular weight excluding hydrogens is 239 g/mol. The highest BCUT2D eigenvalue weighted by Gasteiger charge is 2.20. The SMILES string of the molecule is CCC(CNC(C)(C)C)N(CC)c1ccccc1F. The summed E-state index contributed by atoms with van der Waals surface area (Å²) in [6, 6.07) is 7.33. The molecule has 19 heavy (non-hydrogen) atoms. The summed E-state index contributed by atoms with van der Waals surface area (Å²) in [5.74, 6) is -0.140. The van der Waals surface area contributed by atoms with Crippen LogP contribution in [0.5, 0.6) is 0 Å². The zero-order valence-corrected chi connectivity index (χ0v) is 12.8. The van der Waals surface area contributed by atoms with Crippen molar-refractivity contribution in [1.82, 2.24) is 5.32 Å². The van der Waals surface area contributed by atoms with Gasteiger partial charge < -0.3 is 10.2 Å². The van der Waals surface area contributed by atoms with Crippen LogP contribution in [0.15, 0.2) is 24.3 Å². The molecule has 0 spiro atoms. The van der Waals surface area contributed by atoms with E-state index in [-0.39, 0.29) is 11.4 Å². The van der Waals surface area contributed by atoms with Gasteiger partial charge in [-0.05, 0) is 46.2 Å². The first-order chi connectivity index (χ1) is 8.89. The Balaban J connectivity index is 2.84. The molecule has 2 nitrogen and oxygen atoms in total. The average Bonchev–Trinajstić information content (AvgIpc) is 2.34. The molecule has 0 aliphatic rings. The van der Waals surface area contributed by atoms with Gasteiger partial charge in [0.1, 0.15) is 5.82 Å². The van der Waals surface area contributed by atoms with E-state index in [2.05, 4.69) is 44.8 Å². The first-order valence-electron chi connectivity index (χ1n) is 7.15. The standard InChI is InChI=1S/C16H27FN2/c1-6-13(12-18-16(3,4)5)19(7-2)15-11-9-8-10-14(15)17/h8-11,13,18H,6-7,12H2,1-5H3. The Morgan fingerprint density at radius 2 is 1.84 bits per heavy atom. The smallest absolute Gasteiger partial charge is 0.146 e. The molecule has 0 saturated heterocycles. The second-order valence-corrected chi connectivity index (χ2v) is 5.93. The maximum absolute atomic E-state index is 13.9. The van der Waals surface area contributed by atoms with Gasteiger partial charge in [0.2, 0.25) is 0 Å². The molecule has 1 rings (SSSR count). The van der Waals surface area contributed by atoms with Gasteiger partial charge in [-0.25, -0.2) is 4.39 Å². The Hall–Kier alpha value is -1.09. The number of hydrogen-bond acceptors (Lipinski definition) is 2. The number of likely N-dealkylation sites (N-methyl/N-ethyl adjacent to an activating group) is 1. The molecule has 0 saturated carbocycles. The summed E-state index contributed by atoms with van der Waals surface area (Å²) in [4.78, 5) is 2.15. The van der Waals surface area contributed by atoms with E-state index >= 15 is 0 Å². The lowest BCUT2D eigenvalue weighted by atomic mass is 10.1. The van der Waals surface area contributed by atoms with Crippen LogP contribution in [0.1, 0.15) is 41.0 Å². The van der Waals surface area contributed by atoms with Crippen molar-refractivity contribution >= 4 is 5.69 Å². The normalized spacial score (nSPS) is 13.4. The van der Waals surface area contributed by atoms with Crippen LogP contribution < -0.4 is 10.2 Å². The van der Waals surface area contributed by atoms with Crippen LogP contribution in [0.2, 0.25) is 0 Å². The van der Waals surface area contributed by atoms with E-state index in [9.17, 15) is 4.39 Å². The topological polar surface area (TPSA) is 15.3 Å². The minimum Gasteiger partial charge on any atom is -0.365 e. The maximum atomic E-state index is 13.9. The summed E-state index contributed by atoms with van der Waals surface area (Å²) in [5.41, 5.74) is 0.787. The highest BCUT2D eigenvalue weighted by molar-refractivity contribution is 5.48. The average molecular weight is 266 g/mol. The van der Waals surface area contributed by atoms with Gasteiger partial charge in [-0.3, -0.25) is 0 Å². The van der Waals surface area contributed by atoms with Gasteiger partial charge in [0.05, 0.1) is 5.69 Å². The lowest BCUT2D eigenvalue weighted by Crippen LogP contribution is -2.47. The summed E-state index contributed by atoms with van der Waals surface area (Å²) in [7, 11) is 0. The van der Waals surface area contributed by atoms with Crippen molar-refractivity contribution in [3.63, 3.8) is 0 Å². The highest BCUT2D eigenvalue weighted by atomic mass is 19.1. The third-order valence-electron chi connectivity index (χ3n) is 3.28. The monoisotopic (exact) mass is 266 g/mol. The number of anilines is 1. The van der Waals surface area contributed by atoms with E-state index in [1.54, 1.807) is 6.07 Å². The molecule has 0 aliphatic carbocycles. The summed E-state index contributed by atoms with van der Waals surface area (Å²) in [6.07, 6.45) is 0.991. The Morgan fingerprint density at radius 3 is 2.32 bits per heavy atom. The van der Waals surface area contributed by atoms with Crippen LogP contribution in [0.3, 0.4) is 0 Å². The molecule has 1 aromatic carbocycles. The number of benzene rings is 1. The minimum absolute atomic E-state index is 0.0854. The summed E-state index contributed by atoms with van der Waals surface area (Å²) in [6.45, 7) is 12.4. The fourth-order valence-corrected chi connectivity index (χ4v) is 2.21. The van der Waals surface area contributed by atoms with Gasteiger partial charge >= 0.3 is 0 Å². The van der Waals surface area contributed by atoms with Gasteiger partial charge in [-0.15, -0.1) is 0 Å². The van der Waals surface area contributed by atoms with Crippen molar-refractivity contribution in [2.45, 2.75) is 52.6 Å². The predicted octanol–water partition coefficient (Wildman–Crippen LogP) is 3.82. The molecule has 108 valence electrons. The molecule has 0 amide bonds. The number of nitrogens with one attached hydrogen (secondary N) is 1. The van der Waals surface area contributed by atoms with Crippen molar-refractivity contribution in [3.05, 3.63) is 30.1 Å². The molecule has 0 radical (unpaired) electrons. The lowest BCUT2D eigenvalue weighted by molar-refractivity contribution is 0.392. The van der Waals surface area contributed by atoms with Crippen molar-refractivity contribution < 1.29 is 4.39 Å². The molecule has 0 heterocycles. The largest absolute Gasteiger partial charge is 0.365 e. The third kappa shape index (κ3) is 4.83. The Labute approximate surface area is 117 Å².